The zero-order chi connectivity index (χ0) is 13.7. The number of aromatic nitrogens is 2. The van der Waals surface area contributed by atoms with Crippen molar-refractivity contribution in [2.75, 3.05) is 0 Å². The molecule has 0 radical (unpaired) electrons. The predicted octanol–water partition coefficient (Wildman–Crippen LogP) is 6.16. The second-order valence-corrected chi connectivity index (χ2v) is 6.07. The lowest BCUT2D eigenvalue weighted by atomic mass is 10.1. The van der Waals surface area contributed by atoms with Crippen molar-refractivity contribution in [2.24, 2.45) is 0 Å². The summed E-state index contributed by atoms with van der Waals surface area (Å²) in [5, 5.41) is 2.52. The molecular weight excluding hydrogens is 394 g/mol. The van der Waals surface area contributed by atoms with Gasteiger partial charge in [0.25, 0.3) is 0 Å². The summed E-state index contributed by atoms with van der Waals surface area (Å²) in [5.74, 6) is 0. The maximum Gasteiger partial charge on any atom is 0.149 e. The van der Waals surface area contributed by atoms with E-state index in [9.17, 15) is 0 Å². The van der Waals surface area contributed by atoms with Crippen LogP contribution in [-0.2, 0) is 0 Å². The molecule has 0 saturated carbocycles. The van der Waals surface area contributed by atoms with Crippen LogP contribution in [0.1, 0.15) is 0 Å². The highest BCUT2D eigenvalue weighted by atomic mass is 79.9. The number of nitrogens with zero attached hydrogens (tertiary/aromatic N) is 2. The van der Waals surface area contributed by atoms with Gasteiger partial charge in [0.1, 0.15) is 10.7 Å². The average Bonchev–Trinajstić information content (AvgIpc) is 2.42. The molecule has 0 aliphatic rings. The number of benzene rings is 1. The van der Waals surface area contributed by atoms with Gasteiger partial charge < -0.3 is 0 Å². The summed E-state index contributed by atoms with van der Waals surface area (Å²) in [6.07, 6.45) is 1.66. The van der Waals surface area contributed by atoms with E-state index < -0.39 is 0 Å². The largest absolute Gasteiger partial charge is 0.254 e. The first-order valence-corrected chi connectivity index (χ1v) is 7.38. The van der Waals surface area contributed by atoms with E-state index in [1.54, 1.807) is 12.3 Å². The maximum absolute atomic E-state index is 6.32. The summed E-state index contributed by atoms with van der Waals surface area (Å²) in [6, 6.07) is 3.65. The Balaban J connectivity index is 2.70. The molecule has 3 aromatic rings. The maximum atomic E-state index is 6.32. The van der Waals surface area contributed by atoms with E-state index in [0.29, 0.717) is 30.9 Å². The fourth-order valence-electron chi connectivity index (χ4n) is 1.88. The van der Waals surface area contributed by atoms with Crippen LogP contribution in [0.3, 0.4) is 0 Å². The highest BCUT2D eigenvalue weighted by molar-refractivity contribution is 9.10. The summed E-state index contributed by atoms with van der Waals surface area (Å²) >= 11 is 28.0. The van der Waals surface area contributed by atoms with Crippen molar-refractivity contribution in [1.29, 1.82) is 0 Å². The summed E-state index contributed by atoms with van der Waals surface area (Å²) in [5.41, 5.74) is 1.19. The zero-order valence-corrected chi connectivity index (χ0v) is 13.6. The molecule has 0 atom stereocenters. The Morgan fingerprint density at radius 1 is 0.947 bits per heavy atom. The van der Waals surface area contributed by atoms with Crippen LogP contribution in [0, 0.1) is 0 Å². The van der Waals surface area contributed by atoms with Crippen molar-refractivity contribution in [3.05, 3.63) is 43.0 Å². The van der Waals surface area contributed by atoms with Crippen molar-refractivity contribution in [3.63, 3.8) is 0 Å². The van der Waals surface area contributed by atoms with E-state index in [1.807, 2.05) is 6.07 Å². The van der Waals surface area contributed by atoms with Crippen molar-refractivity contribution in [1.82, 2.24) is 9.97 Å². The van der Waals surface area contributed by atoms with Gasteiger partial charge in [-0.05, 0) is 28.1 Å². The molecule has 0 fully saturated rings. The van der Waals surface area contributed by atoms with Gasteiger partial charge in [-0.15, -0.1) is 0 Å². The molecule has 7 heteroatoms. The number of pyridine rings is 2. The van der Waals surface area contributed by atoms with E-state index in [2.05, 4.69) is 25.9 Å². The fourth-order valence-corrected chi connectivity index (χ4v) is 3.48. The number of hydrogen-bond acceptors (Lipinski definition) is 2. The predicted molar refractivity (Wildman–Crippen MR) is 84.8 cm³/mol. The van der Waals surface area contributed by atoms with Crippen molar-refractivity contribution < 1.29 is 0 Å². The van der Waals surface area contributed by atoms with Crippen LogP contribution >= 0.6 is 62.3 Å². The molecule has 0 bridgehead atoms. The highest BCUT2D eigenvalue weighted by Gasteiger charge is 2.19. The van der Waals surface area contributed by atoms with Crippen molar-refractivity contribution in [3.8, 4) is 0 Å². The standard InChI is InChI=1S/C12H3BrCl4N2/c13-6-5-8(15)9(16)12(17)19-11(5)10-4(7(6)14)2-1-3-18-10/h1-3H. The van der Waals surface area contributed by atoms with Crippen LogP contribution in [0.25, 0.3) is 21.8 Å². The molecule has 0 aliphatic heterocycles. The molecule has 0 spiro atoms. The Labute approximate surface area is 136 Å². The van der Waals surface area contributed by atoms with Gasteiger partial charge >= 0.3 is 0 Å². The third-order valence-corrected chi connectivity index (χ3v) is 5.35. The van der Waals surface area contributed by atoms with Crippen LogP contribution < -0.4 is 0 Å². The van der Waals surface area contributed by atoms with Crippen LogP contribution in [0.15, 0.2) is 22.8 Å². The highest BCUT2D eigenvalue weighted by Crippen LogP contribution is 2.44. The molecule has 2 nitrogen and oxygen atoms in total. The summed E-state index contributed by atoms with van der Waals surface area (Å²) < 4.78 is 0.626. The van der Waals surface area contributed by atoms with E-state index in [0.717, 1.165) is 5.39 Å². The molecular formula is C12H3BrCl4N2. The first kappa shape index (κ1) is 13.7. The minimum atomic E-state index is 0.139. The van der Waals surface area contributed by atoms with Crippen LogP contribution in [0.4, 0.5) is 0 Å². The summed E-state index contributed by atoms with van der Waals surface area (Å²) in [7, 11) is 0. The lowest BCUT2D eigenvalue weighted by molar-refractivity contribution is 1.37. The topological polar surface area (TPSA) is 25.8 Å². The molecule has 19 heavy (non-hydrogen) atoms. The van der Waals surface area contributed by atoms with E-state index in [4.69, 9.17) is 46.4 Å². The Morgan fingerprint density at radius 3 is 2.42 bits per heavy atom. The molecule has 0 unspecified atom stereocenters. The molecule has 2 aromatic heterocycles. The van der Waals surface area contributed by atoms with E-state index in [1.165, 1.54) is 0 Å². The molecule has 2 heterocycles. The number of hydrogen-bond donors (Lipinski definition) is 0. The Hall–Kier alpha value is -0.320. The molecule has 0 aliphatic carbocycles. The number of fused-ring (bicyclic) bond motifs is 3. The first-order valence-electron chi connectivity index (χ1n) is 5.08. The van der Waals surface area contributed by atoms with Gasteiger partial charge in [-0.25, -0.2) is 4.98 Å². The molecule has 0 amide bonds. The second kappa shape index (κ2) is 4.90. The number of rotatable bonds is 0. The smallest absolute Gasteiger partial charge is 0.149 e. The van der Waals surface area contributed by atoms with Crippen LogP contribution in [0.2, 0.25) is 20.2 Å². The molecule has 1 aromatic carbocycles. The van der Waals surface area contributed by atoms with Gasteiger partial charge in [0.05, 0.1) is 20.6 Å². The summed E-state index contributed by atoms with van der Waals surface area (Å²) in [6.45, 7) is 0. The molecule has 0 saturated heterocycles. The van der Waals surface area contributed by atoms with Gasteiger partial charge in [-0.3, -0.25) is 4.98 Å². The third-order valence-electron chi connectivity index (χ3n) is 2.72. The third kappa shape index (κ3) is 1.99. The van der Waals surface area contributed by atoms with Gasteiger partial charge in [0.15, 0.2) is 0 Å². The van der Waals surface area contributed by atoms with Crippen LogP contribution in [-0.4, -0.2) is 9.97 Å². The van der Waals surface area contributed by atoms with Crippen LogP contribution in [0.5, 0.6) is 0 Å². The average molecular weight is 397 g/mol. The monoisotopic (exact) mass is 394 g/mol. The van der Waals surface area contributed by atoms with E-state index >= 15 is 0 Å². The summed E-state index contributed by atoms with van der Waals surface area (Å²) in [4.78, 5) is 8.56. The van der Waals surface area contributed by atoms with Gasteiger partial charge in [-0.1, -0.05) is 46.4 Å². The Kier molecular flexibility index (Phi) is 3.52. The van der Waals surface area contributed by atoms with Crippen molar-refractivity contribution in [2.45, 2.75) is 0 Å². The van der Waals surface area contributed by atoms with E-state index in [-0.39, 0.29) is 10.2 Å². The first-order chi connectivity index (χ1) is 9.02. The lowest BCUT2D eigenvalue weighted by Gasteiger charge is -2.11. The van der Waals surface area contributed by atoms with Gasteiger partial charge in [0.2, 0.25) is 0 Å². The minimum Gasteiger partial charge on any atom is -0.254 e. The SMILES string of the molecule is Clc1nc2c(c(Cl)c1Cl)c(Br)c(Cl)c1cccnc12. The quantitative estimate of drug-likeness (QED) is 0.336. The zero-order valence-electron chi connectivity index (χ0n) is 9.02. The Bertz CT molecular complexity index is 835. The molecule has 0 N–H and O–H groups in total. The van der Waals surface area contributed by atoms with Crippen molar-refractivity contribution >= 4 is 84.1 Å². The Morgan fingerprint density at radius 2 is 1.68 bits per heavy atom. The number of halogens is 5. The second-order valence-electron chi connectivity index (χ2n) is 3.78. The van der Waals surface area contributed by atoms with Gasteiger partial charge in [0, 0.05) is 21.4 Å². The molecule has 96 valence electrons. The van der Waals surface area contributed by atoms with Gasteiger partial charge in [-0.2, -0.15) is 0 Å². The lowest BCUT2D eigenvalue weighted by Crippen LogP contribution is -1.91. The fraction of sp³-hybridized carbons (Fsp3) is 0. The normalized spacial score (nSPS) is 11.4. The minimum absolute atomic E-state index is 0.139. The molecule has 3 rings (SSSR count).